The van der Waals surface area contributed by atoms with E-state index in [-0.39, 0.29) is 22.3 Å². The van der Waals surface area contributed by atoms with Gasteiger partial charge in [0.15, 0.2) is 0 Å². The monoisotopic (exact) mass is 304 g/mol. The van der Waals surface area contributed by atoms with E-state index in [1.807, 2.05) is 0 Å². The molecule has 0 atom stereocenters. The Morgan fingerprint density at radius 1 is 0.864 bits per heavy atom. The molecule has 0 fully saturated rings. The van der Waals surface area contributed by atoms with Crippen molar-refractivity contribution in [1.82, 2.24) is 0 Å². The van der Waals surface area contributed by atoms with Gasteiger partial charge >= 0.3 is 11.9 Å². The molecule has 0 amide bonds. The Bertz CT molecular complexity index is 729. The van der Waals surface area contributed by atoms with Crippen molar-refractivity contribution in [3.8, 4) is 0 Å². The van der Waals surface area contributed by atoms with E-state index in [0.717, 1.165) is 24.3 Å². The predicted octanol–water partition coefficient (Wildman–Crippen LogP) is 3.53. The van der Waals surface area contributed by atoms with E-state index in [0.29, 0.717) is 0 Å². The van der Waals surface area contributed by atoms with E-state index in [2.05, 4.69) is 0 Å². The van der Waals surface area contributed by atoms with Gasteiger partial charge in [0.2, 0.25) is 0 Å². The molecule has 2 N–H and O–H groups in total. The maximum atomic E-state index is 13.5. The highest BCUT2D eigenvalue weighted by Crippen LogP contribution is 2.18. The van der Waals surface area contributed by atoms with E-state index in [1.54, 1.807) is 0 Å². The average Bonchev–Trinajstić information content (AvgIpc) is 2.46. The first-order valence-corrected chi connectivity index (χ1v) is 6.12. The van der Waals surface area contributed by atoms with Crippen LogP contribution in [0.15, 0.2) is 36.4 Å². The lowest BCUT2D eigenvalue weighted by Crippen LogP contribution is -2.02. The summed E-state index contributed by atoms with van der Waals surface area (Å²) in [7, 11) is 0. The molecule has 0 radical (unpaired) electrons. The molecule has 2 aromatic carbocycles. The number of hydrogen-bond donors (Lipinski definition) is 2. The average molecular weight is 304 g/mol. The van der Waals surface area contributed by atoms with Crippen molar-refractivity contribution >= 4 is 24.1 Å². The number of aromatic carboxylic acids is 2. The standard InChI is InChI=1S/C16H10F2O4/c17-13-2-1-3-14(18)12(13)5-4-9-6-10(15(19)20)8-11(7-9)16(21)22/h1-8H,(H,19,20)(H,21,22)/b5-4+. The molecule has 4 nitrogen and oxygen atoms in total. The Balaban J connectivity index is 2.46. The second-order valence-corrected chi connectivity index (χ2v) is 4.42. The Kier molecular flexibility index (Phi) is 4.31. The second kappa shape index (κ2) is 6.17. The molecule has 0 bridgehead atoms. The minimum Gasteiger partial charge on any atom is -0.478 e. The fourth-order valence-electron chi connectivity index (χ4n) is 1.84. The van der Waals surface area contributed by atoms with Gasteiger partial charge in [-0.05, 0) is 42.0 Å². The lowest BCUT2D eigenvalue weighted by molar-refractivity contribution is 0.0696. The zero-order valence-electron chi connectivity index (χ0n) is 11.1. The van der Waals surface area contributed by atoms with Gasteiger partial charge in [-0.2, -0.15) is 0 Å². The first-order chi connectivity index (χ1) is 10.4. The molecule has 0 saturated heterocycles. The van der Waals surface area contributed by atoms with E-state index in [1.165, 1.54) is 24.3 Å². The third-order valence-corrected chi connectivity index (χ3v) is 2.89. The van der Waals surface area contributed by atoms with Gasteiger partial charge in [-0.15, -0.1) is 0 Å². The molecule has 6 heteroatoms. The van der Waals surface area contributed by atoms with Crippen molar-refractivity contribution in [3.63, 3.8) is 0 Å². The van der Waals surface area contributed by atoms with Crippen LogP contribution >= 0.6 is 0 Å². The zero-order chi connectivity index (χ0) is 16.3. The third-order valence-electron chi connectivity index (χ3n) is 2.89. The predicted molar refractivity (Wildman–Crippen MR) is 75.6 cm³/mol. The number of halogens is 2. The maximum absolute atomic E-state index is 13.5. The van der Waals surface area contributed by atoms with Crippen LogP contribution in [0.1, 0.15) is 31.8 Å². The molecule has 0 saturated carbocycles. The SMILES string of the molecule is O=C(O)c1cc(/C=C/c2c(F)cccc2F)cc(C(=O)O)c1. The molecule has 0 spiro atoms. The lowest BCUT2D eigenvalue weighted by atomic mass is 10.0. The minimum atomic E-state index is -1.30. The highest BCUT2D eigenvalue weighted by atomic mass is 19.1. The number of hydrogen-bond acceptors (Lipinski definition) is 2. The summed E-state index contributed by atoms with van der Waals surface area (Å²) >= 11 is 0. The van der Waals surface area contributed by atoms with E-state index >= 15 is 0 Å². The van der Waals surface area contributed by atoms with Crippen LogP contribution in [0.5, 0.6) is 0 Å². The summed E-state index contributed by atoms with van der Waals surface area (Å²) in [6, 6.07) is 6.81. The first-order valence-electron chi connectivity index (χ1n) is 6.12. The van der Waals surface area contributed by atoms with Crippen molar-refractivity contribution in [3.05, 3.63) is 70.3 Å². The number of benzene rings is 2. The van der Waals surface area contributed by atoms with Crippen LogP contribution in [0, 0.1) is 11.6 Å². The maximum Gasteiger partial charge on any atom is 0.335 e. The summed E-state index contributed by atoms with van der Waals surface area (Å²) < 4.78 is 27.0. The molecule has 0 heterocycles. The van der Waals surface area contributed by atoms with Gasteiger partial charge in [0.05, 0.1) is 11.1 Å². The van der Waals surface area contributed by atoms with Crippen LogP contribution in [-0.2, 0) is 0 Å². The fourth-order valence-corrected chi connectivity index (χ4v) is 1.84. The Hall–Kier alpha value is -3.02. The molecule has 0 aliphatic heterocycles. The number of rotatable bonds is 4. The molecule has 0 aliphatic carbocycles. The van der Waals surface area contributed by atoms with Gasteiger partial charge in [0.1, 0.15) is 11.6 Å². The highest BCUT2D eigenvalue weighted by molar-refractivity contribution is 5.95. The molecule has 0 aliphatic rings. The summed E-state index contributed by atoms with van der Waals surface area (Å²) in [5, 5.41) is 17.9. The van der Waals surface area contributed by atoms with Gasteiger partial charge in [0, 0.05) is 5.56 Å². The van der Waals surface area contributed by atoms with Crippen LogP contribution in [0.2, 0.25) is 0 Å². The summed E-state index contributed by atoms with van der Waals surface area (Å²) in [5.74, 6) is -4.14. The zero-order valence-corrected chi connectivity index (χ0v) is 11.1. The van der Waals surface area contributed by atoms with E-state index < -0.39 is 23.6 Å². The topological polar surface area (TPSA) is 74.6 Å². The fraction of sp³-hybridized carbons (Fsp3) is 0. The molecular formula is C16H10F2O4. The quantitative estimate of drug-likeness (QED) is 0.847. The molecule has 112 valence electrons. The van der Waals surface area contributed by atoms with Crippen molar-refractivity contribution in [2.75, 3.05) is 0 Å². The smallest absolute Gasteiger partial charge is 0.335 e. The van der Waals surface area contributed by atoms with Crippen LogP contribution in [0.4, 0.5) is 8.78 Å². The number of carboxylic acid groups (broad SMARTS) is 2. The molecular weight excluding hydrogens is 294 g/mol. The van der Waals surface area contributed by atoms with Crippen molar-refractivity contribution < 1.29 is 28.6 Å². The molecule has 2 rings (SSSR count). The van der Waals surface area contributed by atoms with Crippen LogP contribution in [0.3, 0.4) is 0 Å². The van der Waals surface area contributed by atoms with Gasteiger partial charge in [-0.25, -0.2) is 18.4 Å². The summed E-state index contributed by atoms with van der Waals surface area (Å²) in [4.78, 5) is 21.9. The highest BCUT2D eigenvalue weighted by Gasteiger charge is 2.11. The van der Waals surface area contributed by atoms with E-state index in [9.17, 15) is 18.4 Å². The van der Waals surface area contributed by atoms with Gasteiger partial charge in [-0.3, -0.25) is 0 Å². The van der Waals surface area contributed by atoms with Crippen molar-refractivity contribution in [2.45, 2.75) is 0 Å². The van der Waals surface area contributed by atoms with Gasteiger partial charge in [0.25, 0.3) is 0 Å². The second-order valence-electron chi connectivity index (χ2n) is 4.42. The number of carbonyl (C=O) groups is 2. The van der Waals surface area contributed by atoms with Crippen LogP contribution in [0.25, 0.3) is 12.2 Å². The summed E-state index contributed by atoms with van der Waals surface area (Å²) in [6.07, 6.45) is 2.37. The molecule has 2 aromatic rings. The first kappa shape index (κ1) is 15.4. The Morgan fingerprint density at radius 3 is 1.82 bits per heavy atom. The lowest BCUT2D eigenvalue weighted by Gasteiger charge is -2.02. The third kappa shape index (κ3) is 3.35. The van der Waals surface area contributed by atoms with Gasteiger partial charge in [-0.1, -0.05) is 12.1 Å². The normalized spacial score (nSPS) is 10.8. The molecule has 0 aromatic heterocycles. The molecule has 0 unspecified atom stereocenters. The van der Waals surface area contributed by atoms with Crippen molar-refractivity contribution in [2.24, 2.45) is 0 Å². The molecule has 22 heavy (non-hydrogen) atoms. The largest absolute Gasteiger partial charge is 0.478 e. The van der Waals surface area contributed by atoms with Crippen LogP contribution in [-0.4, -0.2) is 22.2 Å². The van der Waals surface area contributed by atoms with E-state index in [4.69, 9.17) is 10.2 Å². The Morgan fingerprint density at radius 2 is 1.36 bits per heavy atom. The van der Waals surface area contributed by atoms with Gasteiger partial charge < -0.3 is 10.2 Å². The number of carboxylic acids is 2. The van der Waals surface area contributed by atoms with Crippen molar-refractivity contribution in [1.29, 1.82) is 0 Å². The minimum absolute atomic E-state index is 0.208. The van der Waals surface area contributed by atoms with Crippen LogP contribution < -0.4 is 0 Å². The summed E-state index contributed by atoms with van der Waals surface area (Å²) in [6.45, 7) is 0. The summed E-state index contributed by atoms with van der Waals surface area (Å²) in [5.41, 5.74) is -0.540. The Labute approximate surface area is 124 Å².